The number of hydrogen-bond acceptors (Lipinski definition) is 2. The third-order valence-electron chi connectivity index (χ3n) is 2.16. The second-order valence-corrected chi connectivity index (χ2v) is 3.42. The maximum atomic E-state index is 12.7. The summed E-state index contributed by atoms with van der Waals surface area (Å²) in [5, 5.41) is 0.236. The van der Waals surface area contributed by atoms with Gasteiger partial charge in [-0.25, -0.2) is 13.8 Å². The van der Waals surface area contributed by atoms with Crippen molar-refractivity contribution in [1.29, 1.82) is 0 Å². The summed E-state index contributed by atoms with van der Waals surface area (Å²) in [4.78, 5) is 7.93. The second-order valence-electron chi connectivity index (χ2n) is 3.03. The van der Waals surface area contributed by atoms with Gasteiger partial charge in [-0.1, -0.05) is 17.7 Å². The first-order valence-corrected chi connectivity index (χ1v) is 4.69. The second kappa shape index (κ2) is 4.06. The summed E-state index contributed by atoms with van der Waals surface area (Å²) < 4.78 is 25.3. The summed E-state index contributed by atoms with van der Waals surface area (Å²) in [6.07, 6.45) is 1.32. The van der Waals surface area contributed by atoms with E-state index in [9.17, 15) is 8.78 Å². The van der Waals surface area contributed by atoms with Gasteiger partial charge in [-0.05, 0) is 11.6 Å². The number of halogens is 3. The first-order chi connectivity index (χ1) is 7.26. The van der Waals surface area contributed by atoms with Crippen molar-refractivity contribution in [3.8, 4) is 0 Å². The Balaban J connectivity index is 2.76. The van der Waals surface area contributed by atoms with Gasteiger partial charge in [0.2, 0.25) is 0 Å². The molecule has 0 atom stereocenters. The van der Waals surface area contributed by atoms with Crippen LogP contribution in [-0.2, 0) is 13.3 Å². The summed E-state index contributed by atoms with van der Waals surface area (Å²) in [6.45, 7) is -1.47. The van der Waals surface area contributed by atoms with Gasteiger partial charge >= 0.3 is 0 Å². The van der Waals surface area contributed by atoms with Gasteiger partial charge in [-0.3, -0.25) is 4.98 Å². The quantitative estimate of drug-likeness (QED) is 0.789. The van der Waals surface area contributed by atoms with Gasteiger partial charge in [0.25, 0.3) is 0 Å². The highest BCUT2D eigenvalue weighted by Crippen LogP contribution is 2.22. The minimum absolute atomic E-state index is 0.236. The molecule has 0 saturated heterocycles. The van der Waals surface area contributed by atoms with Crippen LogP contribution in [0.4, 0.5) is 8.78 Å². The molecule has 2 aromatic rings. The average molecular weight is 229 g/mol. The van der Waals surface area contributed by atoms with E-state index in [4.69, 9.17) is 11.6 Å². The SMILES string of the molecule is FCc1ccc2nc(Cl)cnc2c1CF. The summed E-state index contributed by atoms with van der Waals surface area (Å²) in [5.41, 5.74) is 1.41. The summed E-state index contributed by atoms with van der Waals surface area (Å²) in [5.74, 6) is 0. The van der Waals surface area contributed by atoms with Crippen LogP contribution in [0.15, 0.2) is 18.3 Å². The Kier molecular flexibility index (Phi) is 2.77. The fourth-order valence-corrected chi connectivity index (χ4v) is 1.58. The van der Waals surface area contributed by atoms with E-state index in [1.165, 1.54) is 12.3 Å². The first-order valence-electron chi connectivity index (χ1n) is 4.31. The van der Waals surface area contributed by atoms with Crippen LogP contribution < -0.4 is 0 Å². The van der Waals surface area contributed by atoms with Gasteiger partial charge in [0.1, 0.15) is 18.5 Å². The lowest BCUT2D eigenvalue weighted by Gasteiger charge is -2.05. The highest BCUT2D eigenvalue weighted by molar-refractivity contribution is 6.29. The normalized spacial score (nSPS) is 10.9. The molecular formula is C10H7ClF2N2. The minimum atomic E-state index is -0.757. The Hall–Kier alpha value is -1.29. The van der Waals surface area contributed by atoms with Crippen molar-refractivity contribution >= 4 is 22.6 Å². The van der Waals surface area contributed by atoms with Crippen LogP contribution in [0, 0.1) is 0 Å². The lowest BCUT2D eigenvalue weighted by atomic mass is 10.1. The van der Waals surface area contributed by atoms with Crippen molar-refractivity contribution in [2.75, 3.05) is 0 Å². The molecule has 2 rings (SSSR count). The van der Waals surface area contributed by atoms with Crippen LogP contribution in [0.1, 0.15) is 11.1 Å². The molecule has 78 valence electrons. The molecule has 1 heterocycles. The molecule has 0 N–H and O–H groups in total. The van der Waals surface area contributed by atoms with E-state index in [2.05, 4.69) is 9.97 Å². The fraction of sp³-hybridized carbons (Fsp3) is 0.200. The van der Waals surface area contributed by atoms with Crippen molar-refractivity contribution in [2.45, 2.75) is 13.3 Å². The lowest BCUT2D eigenvalue weighted by molar-refractivity contribution is 0.456. The number of benzene rings is 1. The Morgan fingerprint density at radius 3 is 2.67 bits per heavy atom. The van der Waals surface area contributed by atoms with Crippen molar-refractivity contribution < 1.29 is 8.78 Å². The number of rotatable bonds is 2. The molecule has 0 aliphatic heterocycles. The minimum Gasteiger partial charge on any atom is -0.251 e. The highest BCUT2D eigenvalue weighted by atomic mass is 35.5. The maximum Gasteiger partial charge on any atom is 0.148 e. The lowest BCUT2D eigenvalue weighted by Crippen LogP contribution is -1.95. The van der Waals surface area contributed by atoms with E-state index >= 15 is 0 Å². The van der Waals surface area contributed by atoms with E-state index in [0.29, 0.717) is 16.6 Å². The smallest absolute Gasteiger partial charge is 0.148 e. The highest BCUT2D eigenvalue weighted by Gasteiger charge is 2.09. The Bertz CT molecular complexity index is 502. The molecule has 0 spiro atoms. The van der Waals surface area contributed by atoms with Crippen LogP contribution in [0.25, 0.3) is 11.0 Å². The fourth-order valence-electron chi connectivity index (χ4n) is 1.44. The van der Waals surface area contributed by atoms with Gasteiger partial charge in [-0.2, -0.15) is 0 Å². The molecule has 5 heteroatoms. The molecular weight excluding hydrogens is 222 g/mol. The van der Waals surface area contributed by atoms with Crippen molar-refractivity contribution in [2.24, 2.45) is 0 Å². The van der Waals surface area contributed by atoms with E-state index in [-0.39, 0.29) is 10.7 Å². The molecule has 2 nitrogen and oxygen atoms in total. The molecule has 0 aliphatic rings. The van der Waals surface area contributed by atoms with Crippen molar-refractivity contribution in [3.63, 3.8) is 0 Å². The Labute approximate surface area is 89.9 Å². The molecule has 0 radical (unpaired) electrons. The molecule has 1 aromatic heterocycles. The monoisotopic (exact) mass is 228 g/mol. The van der Waals surface area contributed by atoms with Crippen molar-refractivity contribution in [3.05, 3.63) is 34.6 Å². The van der Waals surface area contributed by atoms with Gasteiger partial charge < -0.3 is 0 Å². The zero-order chi connectivity index (χ0) is 10.8. The van der Waals surface area contributed by atoms with E-state index < -0.39 is 13.3 Å². The third kappa shape index (κ3) is 1.77. The van der Waals surface area contributed by atoms with Crippen molar-refractivity contribution in [1.82, 2.24) is 9.97 Å². The maximum absolute atomic E-state index is 12.7. The van der Waals surface area contributed by atoms with Crippen LogP contribution >= 0.6 is 11.6 Å². The zero-order valence-electron chi connectivity index (χ0n) is 7.67. The summed E-state index contributed by atoms with van der Waals surface area (Å²) in [7, 11) is 0. The number of nitrogens with zero attached hydrogens (tertiary/aromatic N) is 2. The zero-order valence-corrected chi connectivity index (χ0v) is 8.43. The van der Waals surface area contributed by atoms with Gasteiger partial charge in [-0.15, -0.1) is 0 Å². The molecule has 0 fully saturated rings. The molecule has 15 heavy (non-hydrogen) atoms. The molecule has 0 saturated carbocycles. The Morgan fingerprint density at radius 2 is 2.00 bits per heavy atom. The molecule has 0 amide bonds. The predicted octanol–water partition coefficient (Wildman–Crippen LogP) is 3.22. The van der Waals surface area contributed by atoms with E-state index in [1.54, 1.807) is 6.07 Å². The third-order valence-corrected chi connectivity index (χ3v) is 2.35. The number of fused-ring (bicyclic) bond motifs is 1. The number of alkyl halides is 2. The van der Waals surface area contributed by atoms with Crippen LogP contribution in [-0.4, -0.2) is 9.97 Å². The number of aromatic nitrogens is 2. The summed E-state index contributed by atoms with van der Waals surface area (Å²) in [6, 6.07) is 3.09. The molecule has 0 bridgehead atoms. The largest absolute Gasteiger partial charge is 0.251 e. The number of hydrogen-bond donors (Lipinski definition) is 0. The first kappa shape index (κ1) is 10.2. The molecule has 0 unspecified atom stereocenters. The topological polar surface area (TPSA) is 25.8 Å². The molecule has 0 aliphatic carbocycles. The molecule has 1 aromatic carbocycles. The predicted molar refractivity (Wildman–Crippen MR) is 54.2 cm³/mol. The van der Waals surface area contributed by atoms with Crippen LogP contribution in [0.3, 0.4) is 0 Å². The average Bonchev–Trinajstić information content (AvgIpc) is 2.27. The van der Waals surface area contributed by atoms with Crippen LogP contribution in [0.2, 0.25) is 5.15 Å². The van der Waals surface area contributed by atoms with Gasteiger partial charge in [0, 0.05) is 5.56 Å². The van der Waals surface area contributed by atoms with Gasteiger partial charge in [0.05, 0.1) is 17.2 Å². The van der Waals surface area contributed by atoms with E-state index in [0.717, 1.165) is 0 Å². The van der Waals surface area contributed by atoms with Gasteiger partial charge in [0.15, 0.2) is 0 Å². The Morgan fingerprint density at radius 1 is 1.20 bits per heavy atom. The van der Waals surface area contributed by atoms with E-state index in [1.807, 2.05) is 0 Å². The standard InChI is InChI=1S/C10H7ClF2N2/c11-9-5-14-10-7(4-13)6(3-12)1-2-8(10)15-9/h1-2,5H,3-4H2. The summed E-state index contributed by atoms with van der Waals surface area (Å²) >= 11 is 5.65. The van der Waals surface area contributed by atoms with Crippen LogP contribution in [0.5, 0.6) is 0 Å².